The molecule has 0 spiro atoms. The summed E-state index contributed by atoms with van der Waals surface area (Å²) in [7, 11) is 0. The molecule has 1 amide bonds. The maximum absolute atomic E-state index is 11.6. The maximum atomic E-state index is 11.6. The van der Waals surface area contributed by atoms with Crippen LogP contribution in [-0.4, -0.2) is 28.6 Å². The van der Waals surface area contributed by atoms with Gasteiger partial charge in [0.2, 0.25) is 17.7 Å². The second-order valence-corrected chi connectivity index (χ2v) is 6.02. The van der Waals surface area contributed by atoms with E-state index in [4.69, 9.17) is 26.8 Å². The van der Waals surface area contributed by atoms with Crippen molar-refractivity contribution in [3.63, 3.8) is 0 Å². The molecule has 3 N–H and O–H groups in total. The second kappa shape index (κ2) is 9.19. The fourth-order valence-electron chi connectivity index (χ4n) is 1.89. The van der Waals surface area contributed by atoms with Crippen molar-refractivity contribution >= 4 is 23.5 Å². The van der Waals surface area contributed by atoms with Crippen molar-refractivity contribution in [3.05, 3.63) is 46.6 Å². The van der Waals surface area contributed by atoms with Crippen LogP contribution in [-0.2, 0) is 22.7 Å². The van der Waals surface area contributed by atoms with E-state index in [1.807, 2.05) is 38.1 Å². The van der Waals surface area contributed by atoms with Crippen LogP contribution in [0.25, 0.3) is 0 Å². The third-order valence-corrected chi connectivity index (χ3v) is 3.33. The Balaban J connectivity index is 1.80. The number of carbonyl (C=O) groups is 1. The molecular formula is C17H21ClN4O3. The number of hydrogen-bond acceptors (Lipinski definition) is 6. The highest BCUT2D eigenvalue weighted by molar-refractivity contribution is 6.29. The Hall–Kier alpha value is -2.38. The maximum Gasteiger partial charge on any atom is 0.246 e. The minimum atomic E-state index is -0.140. The van der Waals surface area contributed by atoms with Gasteiger partial charge in [0.05, 0.1) is 6.10 Å². The first-order valence-electron chi connectivity index (χ1n) is 7.81. The molecule has 0 radical (unpaired) electrons. The molecule has 8 heteroatoms. The molecule has 2 aromatic rings. The van der Waals surface area contributed by atoms with Crippen molar-refractivity contribution in [3.8, 4) is 5.88 Å². The van der Waals surface area contributed by atoms with Gasteiger partial charge in [-0.2, -0.15) is 4.98 Å². The summed E-state index contributed by atoms with van der Waals surface area (Å²) in [6, 6.07) is 9.17. The zero-order valence-corrected chi connectivity index (χ0v) is 14.9. The number of nitrogens with two attached hydrogens (primary N) is 1. The molecule has 134 valence electrons. The first-order chi connectivity index (χ1) is 11.9. The summed E-state index contributed by atoms with van der Waals surface area (Å²) in [6.45, 7) is 4.60. The van der Waals surface area contributed by atoms with Crippen LogP contribution in [0.15, 0.2) is 30.3 Å². The summed E-state index contributed by atoms with van der Waals surface area (Å²) in [4.78, 5) is 19.3. The molecule has 1 heterocycles. The number of halogens is 1. The third kappa shape index (κ3) is 6.94. The molecule has 0 unspecified atom stereocenters. The molecule has 0 aliphatic heterocycles. The summed E-state index contributed by atoms with van der Waals surface area (Å²) in [5.74, 6) is 0.244. The van der Waals surface area contributed by atoms with Gasteiger partial charge >= 0.3 is 0 Å². The first kappa shape index (κ1) is 19.0. The molecule has 0 aliphatic carbocycles. The topological polar surface area (TPSA) is 99.4 Å². The van der Waals surface area contributed by atoms with Gasteiger partial charge in [0, 0.05) is 12.6 Å². The third-order valence-electron chi connectivity index (χ3n) is 3.14. The van der Waals surface area contributed by atoms with E-state index in [0.717, 1.165) is 11.1 Å². The van der Waals surface area contributed by atoms with Crippen molar-refractivity contribution in [1.29, 1.82) is 0 Å². The molecule has 2 rings (SSSR count). The highest BCUT2D eigenvalue weighted by atomic mass is 35.5. The average molecular weight is 365 g/mol. The van der Waals surface area contributed by atoms with Crippen LogP contribution < -0.4 is 15.8 Å². The van der Waals surface area contributed by atoms with Crippen LogP contribution >= 0.6 is 11.6 Å². The lowest BCUT2D eigenvalue weighted by atomic mass is 10.1. The predicted molar refractivity (Wildman–Crippen MR) is 95.2 cm³/mol. The second-order valence-electron chi connectivity index (χ2n) is 5.63. The smallest absolute Gasteiger partial charge is 0.246 e. The number of nitrogens with one attached hydrogen (secondary N) is 1. The van der Waals surface area contributed by atoms with Crippen LogP contribution in [0, 0.1) is 0 Å². The van der Waals surface area contributed by atoms with E-state index < -0.39 is 0 Å². The van der Waals surface area contributed by atoms with E-state index in [1.54, 1.807) is 0 Å². The molecular weight excluding hydrogens is 344 g/mol. The summed E-state index contributed by atoms with van der Waals surface area (Å²) < 4.78 is 10.8. The zero-order valence-electron chi connectivity index (χ0n) is 14.2. The predicted octanol–water partition coefficient (Wildman–Crippen LogP) is 2.33. The standard InChI is InChI=1S/C17H21ClN4O3/c1-11(2)24-10-15(23)20-8-12-3-5-13(6-4-12)9-25-16-7-14(18)21-17(19)22-16/h3-7,11H,8-10H2,1-2H3,(H,20,23)(H2,19,21,22). The lowest BCUT2D eigenvalue weighted by Crippen LogP contribution is -2.28. The number of benzene rings is 1. The quantitative estimate of drug-likeness (QED) is 0.697. The number of aromatic nitrogens is 2. The summed E-state index contributed by atoms with van der Waals surface area (Å²) >= 11 is 5.80. The number of amides is 1. The van der Waals surface area contributed by atoms with Crippen molar-refractivity contribution in [2.24, 2.45) is 0 Å². The lowest BCUT2D eigenvalue weighted by molar-refractivity contribution is -0.127. The highest BCUT2D eigenvalue weighted by Gasteiger charge is 2.05. The first-order valence-corrected chi connectivity index (χ1v) is 8.19. The molecule has 25 heavy (non-hydrogen) atoms. The van der Waals surface area contributed by atoms with Gasteiger partial charge in [0.1, 0.15) is 18.4 Å². The van der Waals surface area contributed by atoms with Gasteiger partial charge in [-0.25, -0.2) is 4.98 Å². The van der Waals surface area contributed by atoms with Crippen molar-refractivity contribution < 1.29 is 14.3 Å². The molecule has 1 aromatic carbocycles. The molecule has 0 atom stereocenters. The number of ether oxygens (including phenoxy) is 2. The summed E-state index contributed by atoms with van der Waals surface area (Å²) in [5, 5.41) is 3.03. The molecule has 7 nitrogen and oxygen atoms in total. The van der Waals surface area contributed by atoms with Gasteiger partial charge in [0.15, 0.2) is 0 Å². The Morgan fingerprint density at radius 2 is 1.92 bits per heavy atom. The number of carbonyl (C=O) groups excluding carboxylic acids is 1. The van der Waals surface area contributed by atoms with E-state index in [9.17, 15) is 4.79 Å². The van der Waals surface area contributed by atoms with Gasteiger partial charge < -0.3 is 20.5 Å². The van der Waals surface area contributed by atoms with E-state index in [-0.39, 0.29) is 29.7 Å². The van der Waals surface area contributed by atoms with E-state index in [1.165, 1.54) is 6.07 Å². The summed E-state index contributed by atoms with van der Waals surface area (Å²) in [5.41, 5.74) is 7.45. The van der Waals surface area contributed by atoms with E-state index >= 15 is 0 Å². The fourth-order valence-corrected chi connectivity index (χ4v) is 2.07. The van der Waals surface area contributed by atoms with Crippen LogP contribution in [0.1, 0.15) is 25.0 Å². The minimum Gasteiger partial charge on any atom is -0.473 e. The van der Waals surface area contributed by atoms with E-state index in [0.29, 0.717) is 19.0 Å². The van der Waals surface area contributed by atoms with Gasteiger partial charge in [-0.3, -0.25) is 4.79 Å². The lowest BCUT2D eigenvalue weighted by Gasteiger charge is -2.09. The minimum absolute atomic E-state index is 0.0325. The molecule has 0 bridgehead atoms. The van der Waals surface area contributed by atoms with Crippen LogP contribution in [0.5, 0.6) is 5.88 Å². The Kier molecular flexibility index (Phi) is 6.97. The van der Waals surface area contributed by atoms with Crippen LogP contribution in [0.4, 0.5) is 5.95 Å². The SMILES string of the molecule is CC(C)OCC(=O)NCc1ccc(COc2cc(Cl)nc(N)n2)cc1. The molecule has 0 saturated carbocycles. The van der Waals surface area contributed by atoms with Crippen LogP contribution in [0.2, 0.25) is 5.15 Å². The van der Waals surface area contributed by atoms with Crippen LogP contribution in [0.3, 0.4) is 0 Å². The zero-order chi connectivity index (χ0) is 18.2. The van der Waals surface area contributed by atoms with Crippen molar-refractivity contribution in [2.45, 2.75) is 33.1 Å². The highest BCUT2D eigenvalue weighted by Crippen LogP contribution is 2.16. The summed E-state index contributed by atoms with van der Waals surface area (Å²) in [6.07, 6.45) is 0.0325. The fraction of sp³-hybridized carbons (Fsp3) is 0.353. The Morgan fingerprint density at radius 3 is 2.56 bits per heavy atom. The van der Waals surface area contributed by atoms with Crippen molar-refractivity contribution in [2.75, 3.05) is 12.3 Å². The Morgan fingerprint density at radius 1 is 1.24 bits per heavy atom. The van der Waals surface area contributed by atoms with E-state index in [2.05, 4.69) is 15.3 Å². The van der Waals surface area contributed by atoms with Gasteiger partial charge in [-0.05, 0) is 25.0 Å². The van der Waals surface area contributed by atoms with Gasteiger partial charge in [0.25, 0.3) is 0 Å². The number of anilines is 1. The number of hydrogen-bond donors (Lipinski definition) is 2. The molecule has 0 aliphatic rings. The largest absolute Gasteiger partial charge is 0.473 e. The van der Waals surface area contributed by atoms with Crippen molar-refractivity contribution in [1.82, 2.24) is 15.3 Å². The molecule has 0 fully saturated rings. The average Bonchev–Trinajstić information content (AvgIpc) is 2.56. The molecule has 1 aromatic heterocycles. The number of nitrogens with zero attached hydrogens (tertiary/aromatic N) is 2. The number of nitrogen functional groups attached to an aromatic ring is 1. The van der Waals surface area contributed by atoms with Gasteiger partial charge in [-0.1, -0.05) is 35.9 Å². The monoisotopic (exact) mass is 364 g/mol. The Labute approximate surface area is 151 Å². The molecule has 0 saturated heterocycles. The normalized spacial score (nSPS) is 10.7. The number of rotatable bonds is 8. The Bertz CT molecular complexity index is 687. The van der Waals surface area contributed by atoms with Gasteiger partial charge in [-0.15, -0.1) is 0 Å².